The highest BCUT2D eigenvalue weighted by Gasteiger charge is 1.99. The minimum Gasteiger partial charge on any atom is -0.494 e. The molecule has 0 aliphatic carbocycles. The van der Waals surface area contributed by atoms with Crippen LogP contribution >= 0.6 is 11.6 Å². The Bertz CT molecular complexity index is 516. The van der Waals surface area contributed by atoms with Gasteiger partial charge in [0.15, 0.2) is 0 Å². The predicted octanol–water partition coefficient (Wildman–Crippen LogP) is 4.36. The molecule has 0 amide bonds. The quantitative estimate of drug-likeness (QED) is 0.793. The van der Waals surface area contributed by atoms with E-state index in [1.807, 2.05) is 12.1 Å². The molecule has 2 aromatic carbocycles. The Morgan fingerprint density at radius 1 is 1.05 bits per heavy atom. The zero-order valence-corrected chi connectivity index (χ0v) is 11.2. The molecule has 0 atom stereocenters. The smallest absolute Gasteiger partial charge is 0.146 e. The summed E-state index contributed by atoms with van der Waals surface area (Å²) < 4.78 is 18.8. The van der Waals surface area contributed by atoms with Crippen molar-refractivity contribution in [1.29, 1.82) is 0 Å². The number of hydrogen-bond donors (Lipinski definition) is 1. The van der Waals surface area contributed by atoms with Gasteiger partial charge in [0.25, 0.3) is 0 Å². The maximum Gasteiger partial charge on any atom is 0.146 e. The molecule has 1 N–H and O–H groups in total. The van der Waals surface area contributed by atoms with Gasteiger partial charge < -0.3 is 10.1 Å². The third-order valence-electron chi connectivity index (χ3n) is 2.59. The van der Waals surface area contributed by atoms with Crippen molar-refractivity contribution in [2.45, 2.75) is 6.42 Å². The first kappa shape index (κ1) is 13.7. The largest absolute Gasteiger partial charge is 0.494 e. The van der Waals surface area contributed by atoms with E-state index in [9.17, 15) is 4.39 Å². The molecular weight excluding hydrogens is 265 g/mol. The molecule has 0 heterocycles. The lowest BCUT2D eigenvalue weighted by molar-refractivity contribution is 0.315. The van der Waals surface area contributed by atoms with Gasteiger partial charge in [-0.25, -0.2) is 4.39 Å². The number of halogens is 2. The molecule has 0 aliphatic rings. The molecule has 100 valence electrons. The van der Waals surface area contributed by atoms with Crippen LogP contribution in [0, 0.1) is 5.82 Å². The van der Waals surface area contributed by atoms with E-state index in [-0.39, 0.29) is 5.82 Å². The zero-order chi connectivity index (χ0) is 13.5. The molecule has 4 heteroatoms. The topological polar surface area (TPSA) is 21.3 Å². The van der Waals surface area contributed by atoms with E-state index in [1.165, 1.54) is 6.07 Å². The Balaban J connectivity index is 1.67. The maximum atomic E-state index is 13.3. The Kier molecular flexibility index (Phi) is 5.04. The van der Waals surface area contributed by atoms with Gasteiger partial charge in [0.2, 0.25) is 0 Å². The van der Waals surface area contributed by atoms with E-state index in [2.05, 4.69) is 5.32 Å². The third kappa shape index (κ3) is 4.45. The summed E-state index contributed by atoms with van der Waals surface area (Å²) in [6.45, 7) is 1.23. The predicted molar refractivity (Wildman–Crippen MR) is 76.5 cm³/mol. The number of nitrogens with one attached hydrogen (secondary N) is 1. The Hall–Kier alpha value is -1.74. The van der Waals surface area contributed by atoms with E-state index >= 15 is 0 Å². The number of para-hydroxylation sites is 1. The Morgan fingerprint density at radius 3 is 2.53 bits per heavy atom. The van der Waals surface area contributed by atoms with Crippen molar-refractivity contribution in [3.8, 4) is 5.75 Å². The second-order valence-electron chi connectivity index (χ2n) is 4.06. The van der Waals surface area contributed by atoms with Gasteiger partial charge in [0.1, 0.15) is 11.6 Å². The lowest BCUT2D eigenvalue weighted by Crippen LogP contribution is -2.08. The number of anilines is 1. The molecule has 0 aliphatic heterocycles. The molecule has 0 bridgehead atoms. The van der Waals surface area contributed by atoms with Crippen LogP contribution in [0.25, 0.3) is 0 Å². The second kappa shape index (κ2) is 7.00. The molecular formula is C15H15ClFNO. The number of rotatable bonds is 6. The monoisotopic (exact) mass is 279 g/mol. The summed E-state index contributed by atoms with van der Waals surface area (Å²) in [4.78, 5) is 0. The molecule has 0 saturated carbocycles. The van der Waals surface area contributed by atoms with Crippen molar-refractivity contribution < 1.29 is 9.13 Å². The fourth-order valence-corrected chi connectivity index (χ4v) is 1.75. The van der Waals surface area contributed by atoms with Gasteiger partial charge in [-0.1, -0.05) is 23.7 Å². The molecule has 2 rings (SSSR count). The van der Waals surface area contributed by atoms with Gasteiger partial charge in [-0.2, -0.15) is 0 Å². The molecule has 0 spiro atoms. The van der Waals surface area contributed by atoms with Gasteiger partial charge in [-0.15, -0.1) is 0 Å². The average molecular weight is 280 g/mol. The van der Waals surface area contributed by atoms with Crippen molar-refractivity contribution in [3.05, 3.63) is 59.4 Å². The fourth-order valence-electron chi connectivity index (χ4n) is 1.62. The van der Waals surface area contributed by atoms with Gasteiger partial charge in [0, 0.05) is 11.6 Å². The van der Waals surface area contributed by atoms with Crippen molar-refractivity contribution in [3.63, 3.8) is 0 Å². The SMILES string of the molecule is Fc1ccccc1NCCCOc1ccc(Cl)cc1. The summed E-state index contributed by atoms with van der Waals surface area (Å²) in [6, 6.07) is 13.9. The van der Waals surface area contributed by atoms with E-state index in [1.54, 1.807) is 30.3 Å². The van der Waals surface area contributed by atoms with Crippen LogP contribution < -0.4 is 10.1 Å². The summed E-state index contributed by atoms with van der Waals surface area (Å²) in [7, 11) is 0. The molecule has 2 aromatic rings. The number of benzene rings is 2. The minimum absolute atomic E-state index is 0.235. The minimum atomic E-state index is -0.235. The lowest BCUT2D eigenvalue weighted by atomic mass is 10.3. The first-order valence-corrected chi connectivity index (χ1v) is 6.50. The van der Waals surface area contributed by atoms with E-state index < -0.39 is 0 Å². The van der Waals surface area contributed by atoms with Crippen molar-refractivity contribution in [2.75, 3.05) is 18.5 Å². The molecule has 0 aromatic heterocycles. The zero-order valence-electron chi connectivity index (χ0n) is 10.4. The summed E-state index contributed by atoms with van der Waals surface area (Å²) in [5, 5.41) is 3.72. The average Bonchev–Trinajstić information content (AvgIpc) is 2.42. The summed E-state index contributed by atoms with van der Waals surface area (Å²) >= 11 is 5.78. The van der Waals surface area contributed by atoms with Gasteiger partial charge in [-0.3, -0.25) is 0 Å². The van der Waals surface area contributed by atoms with Crippen LogP contribution in [0.5, 0.6) is 5.75 Å². The molecule has 0 fully saturated rings. The standard InChI is InChI=1S/C15H15ClFNO/c16-12-6-8-13(9-7-12)19-11-3-10-18-15-5-2-1-4-14(15)17/h1-2,4-9,18H,3,10-11H2. The highest BCUT2D eigenvalue weighted by atomic mass is 35.5. The van der Waals surface area contributed by atoms with Gasteiger partial charge >= 0.3 is 0 Å². The lowest BCUT2D eigenvalue weighted by Gasteiger charge is -2.08. The Labute approximate surface area is 117 Å². The van der Waals surface area contributed by atoms with Gasteiger partial charge in [-0.05, 0) is 42.8 Å². The molecule has 0 saturated heterocycles. The van der Waals surface area contributed by atoms with Gasteiger partial charge in [0.05, 0.1) is 12.3 Å². The normalized spacial score (nSPS) is 10.2. The highest BCUT2D eigenvalue weighted by molar-refractivity contribution is 6.30. The van der Waals surface area contributed by atoms with Crippen molar-refractivity contribution >= 4 is 17.3 Å². The second-order valence-corrected chi connectivity index (χ2v) is 4.50. The molecule has 2 nitrogen and oxygen atoms in total. The maximum absolute atomic E-state index is 13.3. The summed E-state index contributed by atoms with van der Waals surface area (Å²) in [5.74, 6) is 0.552. The van der Waals surface area contributed by atoms with E-state index in [4.69, 9.17) is 16.3 Å². The highest BCUT2D eigenvalue weighted by Crippen LogP contribution is 2.16. The van der Waals surface area contributed by atoms with Crippen LogP contribution in [-0.4, -0.2) is 13.2 Å². The van der Waals surface area contributed by atoms with Crippen LogP contribution in [0.15, 0.2) is 48.5 Å². The van der Waals surface area contributed by atoms with E-state index in [0.717, 1.165) is 12.2 Å². The van der Waals surface area contributed by atoms with Crippen molar-refractivity contribution in [1.82, 2.24) is 0 Å². The fraction of sp³-hybridized carbons (Fsp3) is 0.200. The number of hydrogen-bond acceptors (Lipinski definition) is 2. The van der Waals surface area contributed by atoms with Crippen LogP contribution in [-0.2, 0) is 0 Å². The summed E-state index contributed by atoms with van der Waals surface area (Å²) in [6.07, 6.45) is 0.789. The molecule has 0 unspecified atom stereocenters. The third-order valence-corrected chi connectivity index (χ3v) is 2.84. The van der Waals surface area contributed by atoms with E-state index in [0.29, 0.717) is 23.9 Å². The number of ether oxygens (including phenoxy) is 1. The van der Waals surface area contributed by atoms with Crippen LogP contribution in [0.3, 0.4) is 0 Å². The van der Waals surface area contributed by atoms with Crippen molar-refractivity contribution in [2.24, 2.45) is 0 Å². The summed E-state index contributed by atoms with van der Waals surface area (Å²) in [5.41, 5.74) is 0.522. The first-order chi connectivity index (χ1) is 9.25. The van der Waals surface area contributed by atoms with Crippen LogP contribution in [0.1, 0.15) is 6.42 Å². The first-order valence-electron chi connectivity index (χ1n) is 6.12. The molecule has 19 heavy (non-hydrogen) atoms. The Morgan fingerprint density at radius 2 is 1.79 bits per heavy atom. The molecule has 0 radical (unpaired) electrons. The van der Waals surface area contributed by atoms with Crippen LogP contribution in [0.4, 0.5) is 10.1 Å². The van der Waals surface area contributed by atoms with Crippen LogP contribution in [0.2, 0.25) is 5.02 Å².